The molecule has 23 heavy (non-hydrogen) atoms. The quantitative estimate of drug-likeness (QED) is 0.442. The fraction of sp³-hybridized carbons (Fsp3) is 0.500. The Morgan fingerprint density at radius 3 is 2.52 bits per heavy atom. The molecule has 1 atom stereocenters. The number of hydrogen-bond donors (Lipinski definition) is 0. The zero-order valence-electron chi connectivity index (χ0n) is 13.1. The first-order valence-electron chi connectivity index (χ1n) is 7.07. The van der Waals surface area contributed by atoms with Crippen molar-refractivity contribution in [3.63, 3.8) is 0 Å². The molecule has 126 valence electrons. The molecule has 1 aromatic carbocycles. The summed E-state index contributed by atoms with van der Waals surface area (Å²) in [5, 5.41) is 11.0. The molecule has 8 nitrogen and oxygen atoms in total. The standard InChI is InChI=1S/C14H18N2O6S/c1-9-12(16(18)19)5-4-6-13(9)23(20,21)15(11-7-8-11)10(2)14(17)22-3/h4-6,10-11H,7-8H2,1-3H3. The third kappa shape index (κ3) is 3.20. The SMILES string of the molecule is COC(=O)C(C)N(C1CC1)S(=O)(=O)c1cccc([N+](=O)[O-])c1C. The molecule has 0 saturated heterocycles. The van der Waals surface area contributed by atoms with E-state index >= 15 is 0 Å². The predicted molar refractivity (Wildman–Crippen MR) is 81.4 cm³/mol. The molecule has 0 heterocycles. The molecule has 1 aliphatic carbocycles. The summed E-state index contributed by atoms with van der Waals surface area (Å²) < 4.78 is 31.7. The van der Waals surface area contributed by atoms with E-state index in [2.05, 4.69) is 4.74 Å². The average Bonchev–Trinajstić information content (AvgIpc) is 3.30. The van der Waals surface area contributed by atoms with Crippen LogP contribution in [0.3, 0.4) is 0 Å². The average molecular weight is 342 g/mol. The van der Waals surface area contributed by atoms with Crippen LogP contribution >= 0.6 is 0 Å². The van der Waals surface area contributed by atoms with Crippen LogP contribution in [0.2, 0.25) is 0 Å². The van der Waals surface area contributed by atoms with Gasteiger partial charge in [0.25, 0.3) is 5.69 Å². The summed E-state index contributed by atoms with van der Waals surface area (Å²) in [4.78, 5) is 22.0. The van der Waals surface area contributed by atoms with Gasteiger partial charge in [0.2, 0.25) is 10.0 Å². The van der Waals surface area contributed by atoms with Gasteiger partial charge in [-0.2, -0.15) is 4.31 Å². The van der Waals surface area contributed by atoms with Gasteiger partial charge in [-0.3, -0.25) is 14.9 Å². The molecule has 1 saturated carbocycles. The largest absolute Gasteiger partial charge is 0.468 e. The van der Waals surface area contributed by atoms with Crippen LogP contribution in [0.25, 0.3) is 0 Å². The number of nitro benzene ring substituents is 1. The Morgan fingerprint density at radius 2 is 2.04 bits per heavy atom. The molecule has 1 unspecified atom stereocenters. The number of hydrogen-bond acceptors (Lipinski definition) is 6. The Kier molecular flexibility index (Phi) is 4.71. The summed E-state index contributed by atoms with van der Waals surface area (Å²) >= 11 is 0. The minimum absolute atomic E-state index is 0.0558. The number of carbonyl (C=O) groups excluding carboxylic acids is 1. The van der Waals surface area contributed by atoms with E-state index in [1.165, 1.54) is 39.2 Å². The van der Waals surface area contributed by atoms with E-state index in [0.29, 0.717) is 12.8 Å². The number of carbonyl (C=O) groups is 1. The number of sulfonamides is 1. The summed E-state index contributed by atoms with van der Waals surface area (Å²) in [7, 11) is -2.86. The molecule has 1 aromatic rings. The van der Waals surface area contributed by atoms with Crippen LogP contribution in [0.4, 0.5) is 5.69 Å². The van der Waals surface area contributed by atoms with Gasteiger partial charge in [-0.05, 0) is 32.8 Å². The van der Waals surface area contributed by atoms with E-state index in [4.69, 9.17) is 0 Å². The maximum Gasteiger partial charge on any atom is 0.323 e. The van der Waals surface area contributed by atoms with Crippen LogP contribution in [-0.4, -0.2) is 42.8 Å². The van der Waals surface area contributed by atoms with E-state index < -0.39 is 27.0 Å². The third-order valence-corrected chi connectivity index (χ3v) is 6.01. The maximum absolute atomic E-state index is 13.0. The lowest BCUT2D eigenvalue weighted by Crippen LogP contribution is -2.45. The summed E-state index contributed by atoms with van der Waals surface area (Å²) in [6.45, 7) is 2.84. The number of methoxy groups -OCH3 is 1. The van der Waals surface area contributed by atoms with Gasteiger partial charge in [0, 0.05) is 17.7 Å². The van der Waals surface area contributed by atoms with E-state index in [9.17, 15) is 23.3 Å². The molecule has 1 aliphatic rings. The number of benzene rings is 1. The number of nitrogens with zero attached hydrogens (tertiary/aromatic N) is 2. The van der Waals surface area contributed by atoms with Crippen molar-refractivity contribution >= 4 is 21.7 Å². The number of esters is 1. The summed E-state index contributed by atoms with van der Waals surface area (Å²) in [5.41, 5.74) is -0.215. The third-order valence-electron chi connectivity index (χ3n) is 3.84. The lowest BCUT2D eigenvalue weighted by Gasteiger charge is -2.27. The van der Waals surface area contributed by atoms with E-state index in [1.54, 1.807) is 0 Å². The van der Waals surface area contributed by atoms with E-state index in [0.717, 1.165) is 4.31 Å². The van der Waals surface area contributed by atoms with Gasteiger partial charge in [-0.1, -0.05) is 6.07 Å². The zero-order chi connectivity index (χ0) is 17.4. The zero-order valence-corrected chi connectivity index (χ0v) is 13.9. The number of ether oxygens (including phenoxy) is 1. The lowest BCUT2D eigenvalue weighted by atomic mass is 10.2. The second kappa shape index (κ2) is 6.25. The predicted octanol–water partition coefficient (Wildman–Crippen LogP) is 1.62. The van der Waals surface area contributed by atoms with Gasteiger partial charge in [0.05, 0.1) is 16.9 Å². The lowest BCUT2D eigenvalue weighted by molar-refractivity contribution is -0.385. The van der Waals surface area contributed by atoms with Gasteiger partial charge in [0.15, 0.2) is 0 Å². The normalized spacial score (nSPS) is 16.2. The highest BCUT2D eigenvalue weighted by Crippen LogP contribution is 2.36. The van der Waals surface area contributed by atoms with Crippen molar-refractivity contribution in [2.75, 3.05) is 7.11 Å². The summed E-state index contributed by atoms with van der Waals surface area (Å²) in [6, 6.07) is 2.62. The molecule has 9 heteroatoms. The van der Waals surface area contributed by atoms with Crippen LogP contribution in [0.5, 0.6) is 0 Å². The molecule has 0 amide bonds. The van der Waals surface area contributed by atoms with Gasteiger partial charge in [0.1, 0.15) is 6.04 Å². The van der Waals surface area contributed by atoms with Crippen molar-refractivity contribution in [3.05, 3.63) is 33.9 Å². The van der Waals surface area contributed by atoms with Crippen LogP contribution in [0.1, 0.15) is 25.3 Å². The number of nitro groups is 1. The van der Waals surface area contributed by atoms with Crippen molar-refractivity contribution in [1.82, 2.24) is 4.31 Å². The molecule has 0 radical (unpaired) electrons. The molecule has 0 spiro atoms. The Hall–Kier alpha value is -2.00. The van der Waals surface area contributed by atoms with Crippen LogP contribution in [0, 0.1) is 17.0 Å². The van der Waals surface area contributed by atoms with Crippen molar-refractivity contribution < 1.29 is 22.9 Å². The molecule has 0 aromatic heterocycles. The molecule has 2 rings (SSSR count). The maximum atomic E-state index is 13.0. The van der Waals surface area contributed by atoms with Crippen LogP contribution in [-0.2, 0) is 19.6 Å². The van der Waals surface area contributed by atoms with Gasteiger partial charge >= 0.3 is 5.97 Å². The van der Waals surface area contributed by atoms with Gasteiger partial charge in [-0.15, -0.1) is 0 Å². The Bertz CT molecular complexity index is 742. The molecule has 0 N–H and O–H groups in total. The molecular weight excluding hydrogens is 324 g/mol. The molecule has 1 fully saturated rings. The highest BCUT2D eigenvalue weighted by Gasteiger charge is 2.44. The second-order valence-corrected chi connectivity index (χ2v) is 7.23. The Labute approximate surface area is 134 Å². The summed E-state index contributed by atoms with van der Waals surface area (Å²) in [6.07, 6.45) is 1.29. The van der Waals surface area contributed by atoms with E-state index in [-0.39, 0.29) is 22.2 Å². The smallest absolute Gasteiger partial charge is 0.323 e. The fourth-order valence-corrected chi connectivity index (χ4v) is 4.59. The summed E-state index contributed by atoms with van der Waals surface area (Å²) in [5.74, 6) is -0.663. The first-order valence-corrected chi connectivity index (χ1v) is 8.51. The first kappa shape index (κ1) is 17.4. The topological polar surface area (TPSA) is 107 Å². The van der Waals surface area contributed by atoms with Crippen LogP contribution in [0.15, 0.2) is 23.1 Å². The van der Waals surface area contributed by atoms with Crippen LogP contribution < -0.4 is 0 Å². The van der Waals surface area contributed by atoms with Crippen molar-refractivity contribution in [1.29, 1.82) is 0 Å². The highest BCUT2D eigenvalue weighted by atomic mass is 32.2. The number of rotatable bonds is 6. The Morgan fingerprint density at radius 1 is 1.43 bits per heavy atom. The Balaban J connectivity index is 2.53. The molecular formula is C14H18N2O6S. The highest BCUT2D eigenvalue weighted by molar-refractivity contribution is 7.89. The molecule has 0 aliphatic heterocycles. The van der Waals surface area contributed by atoms with Crippen molar-refractivity contribution in [2.24, 2.45) is 0 Å². The van der Waals surface area contributed by atoms with E-state index in [1.807, 2.05) is 0 Å². The fourth-order valence-electron chi connectivity index (χ4n) is 2.52. The molecule has 0 bridgehead atoms. The second-order valence-electron chi connectivity index (χ2n) is 5.42. The monoisotopic (exact) mass is 342 g/mol. The first-order chi connectivity index (χ1) is 10.7. The minimum Gasteiger partial charge on any atom is -0.468 e. The van der Waals surface area contributed by atoms with Gasteiger partial charge < -0.3 is 4.74 Å². The van der Waals surface area contributed by atoms with Gasteiger partial charge in [-0.25, -0.2) is 8.42 Å². The minimum atomic E-state index is -4.05. The van der Waals surface area contributed by atoms with Crippen molar-refractivity contribution in [2.45, 2.75) is 43.7 Å². The van der Waals surface area contributed by atoms with Crippen molar-refractivity contribution in [3.8, 4) is 0 Å².